The number of rotatable bonds is 1. The van der Waals surface area contributed by atoms with Crippen LogP contribution in [0.3, 0.4) is 0 Å². The zero-order valence-electron chi connectivity index (χ0n) is 10.00. The zero-order chi connectivity index (χ0) is 12.8. The van der Waals surface area contributed by atoms with Crippen molar-refractivity contribution >= 4 is 5.91 Å². The SMILES string of the molecule is CN1C(=O)c2ccccc2[C@@]1(O)c1ccccc1. The Kier molecular flexibility index (Phi) is 2.25. The fourth-order valence-corrected chi connectivity index (χ4v) is 2.50. The fourth-order valence-electron chi connectivity index (χ4n) is 2.50. The van der Waals surface area contributed by atoms with Gasteiger partial charge in [0.25, 0.3) is 5.91 Å². The number of amides is 1. The van der Waals surface area contributed by atoms with Crippen LogP contribution in [0.25, 0.3) is 0 Å². The summed E-state index contributed by atoms with van der Waals surface area (Å²) in [4.78, 5) is 13.5. The van der Waals surface area contributed by atoms with Gasteiger partial charge < -0.3 is 10.0 Å². The summed E-state index contributed by atoms with van der Waals surface area (Å²) in [5.74, 6) is -0.156. The number of carbonyl (C=O) groups excluding carboxylic acids is 1. The van der Waals surface area contributed by atoms with Crippen molar-refractivity contribution in [2.24, 2.45) is 0 Å². The first-order valence-electron chi connectivity index (χ1n) is 5.81. The number of hydrogen-bond donors (Lipinski definition) is 1. The molecule has 0 saturated heterocycles. The van der Waals surface area contributed by atoms with Crippen LogP contribution in [-0.2, 0) is 5.72 Å². The lowest BCUT2D eigenvalue weighted by molar-refractivity contribution is -0.0369. The molecule has 1 aliphatic heterocycles. The van der Waals surface area contributed by atoms with Gasteiger partial charge in [-0.25, -0.2) is 0 Å². The average molecular weight is 239 g/mol. The number of aliphatic hydroxyl groups is 1. The molecule has 2 aromatic rings. The third kappa shape index (κ3) is 1.25. The van der Waals surface area contributed by atoms with E-state index in [4.69, 9.17) is 0 Å². The monoisotopic (exact) mass is 239 g/mol. The predicted octanol–water partition coefficient (Wildman–Crippen LogP) is 1.97. The second-order valence-corrected chi connectivity index (χ2v) is 4.45. The first-order chi connectivity index (χ1) is 8.65. The summed E-state index contributed by atoms with van der Waals surface area (Å²) in [5.41, 5.74) is 0.537. The van der Waals surface area contributed by atoms with Crippen LogP contribution in [0, 0.1) is 0 Å². The first kappa shape index (κ1) is 11.0. The van der Waals surface area contributed by atoms with Gasteiger partial charge in [-0.05, 0) is 6.07 Å². The summed E-state index contributed by atoms with van der Waals surface area (Å²) >= 11 is 0. The lowest BCUT2D eigenvalue weighted by Gasteiger charge is -2.31. The summed E-state index contributed by atoms with van der Waals surface area (Å²) in [6.45, 7) is 0. The molecular formula is C15H13NO2. The van der Waals surface area contributed by atoms with Crippen molar-refractivity contribution in [1.29, 1.82) is 0 Å². The van der Waals surface area contributed by atoms with Gasteiger partial charge in [0.1, 0.15) is 0 Å². The predicted molar refractivity (Wildman–Crippen MR) is 68.0 cm³/mol. The molecular weight excluding hydrogens is 226 g/mol. The highest BCUT2D eigenvalue weighted by atomic mass is 16.3. The quantitative estimate of drug-likeness (QED) is 0.826. The lowest BCUT2D eigenvalue weighted by atomic mass is 9.94. The molecule has 1 heterocycles. The number of fused-ring (bicyclic) bond motifs is 1. The van der Waals surface area contributed by atoms with Crippen molar-refractivity contribution < 1.29 is 9.90 Å². The fraction of sp³-hybridized carbons (Fsp3) is 0.133. The molecule has 0 radical (unpaired) electrons. The molecule has 0 unspecified atom stereocenters. The Morgan fingerprint density at radius 1 is 1.00 bits per heavy atom. The largest absolute Gasteiger partial charge is 0.363 e. The summed E-state index contributed by atoms with van der Waals surface area (Å²) in [7, 11) is 1.62. The Morgan fingerprint density at radius 3 is 2.33 bits per heavy atom. The van der Waals surface area contributed by atoms with Crippen LogP contribution in [0.15, 0.2) is 54.6 Å². The Balaban J connectivity index is 2.27. The van der Waals surface area contributed by atoms with Gasteiger partial charge in [-0.2, -0.15) is 0 Å². The van der Waals surface area contributed by atoms with Crippen LogP contribution in [-0.4, -0.2) is 23.0 Å². The Bertz CT molecular complexity index is 609. The molecule has 1 aliphatic rings. The second kappa shape index (κ2) is 3.68. The van der Waals surface area contributed by atoms with Crippen molar-refractivity contribution in [3.05, 3.63) is 71.3 Å². The van der Waals surface area contributed by atoms with E-state index >= 15 is 0 Å². The molecule has 1 amide bonds. The van der Waals surface area contributed by atoms with Crippen molar-refractivity contribution in [3.8, 4) is 0 Å². The Hall–Kier alpha value is -2.13. The molecule has 3 nitrogen and oxygen atoms in total. The van der Waals surface area contributed by atoms with Gasteiger partial charge in [0, 0.05) is 23.7 Å². The van der Waals surface area contributed by atoms with Crippen molar-refractivity contribution in [2.45, 2.75) is 5.72 Å². The minimum Gasteiger partial charge on any atom is -0.363 e. The van der Waals surface area contributed by atoms with E-state index in [-0.39, 0.29) is 5.91 Å². The minimum atomic E-state index is -1.37. The number of nitrogens with zero attached hydrogens (tertiary/aromatic N) is 1. The smallest absolute Gasteiger partial charge is 0.256 e. The van der Waals surface area contributed by atoms with E-state index in [1.54, 1.807) is 25.2 Å². The summed E-state index contributed by atoms with van der Waals surface area (Å²) in [5, 5.41) is 11.0. The van der Waals surface area contributed by atoms with E-state index in [0.29, 0.717) is 16.7 Å². The molecule has 0 fully saturated rings. The Labute approximate surface area is 105 Å². The summed E-state index contributed by atoms with van der Waals surface area (Å²) < 4.78 is 0. The number of carbonyl (C=O) groups is 1. The molecule has 90 valence electrons. The van der Waals surface area contributed by atoms with E-state index in [9.17, 15) is 9.90 Å². The molecule has 0 bridgehead atoms. The van der Waals surface area contributed by atoms with Crippen molar-refractivity contribution in [1.82, 2.24) is 4.90 Å². The third-order valence-corrected chi connectivity index (χ3v) is 3.50. The molecule has 0 saturated carbocycles. The van der Waals surface area contributed by atoms with Crippen LogP contribution < -0.4 is 0 Å². The van der Waals surface area contributed by atoms with E-state index in [1.165, 1.54) is 4.90 Å². The highest BCUT2D eigenvalue weighted by molar-refractivity contribution is 6.00. The maximum atomic E-state index is 12.2. The van der Waals surface area contributed by atoms with Crippen LogP contribution in [0.2, 0.25) is 0 Å². The molecule has 1 N–H and O–H groups in total. The molecule has 2 aromatic carbocycles. The van der Waals surface area contributed by atoms with Gasteiger partial charge in [-0.15, -0.1) is 0 Å². The normalized spacial score (nSPS) is 22.1. The van der Waals surface area contributed by atoms with E-state index in [0.717, 1.165) is 0 Å². The van der Waals surface area contributed by atoms with Crippen LogP contribution >= 0.6 is 0 Å². The average Bonchev–Trinajstić information content (AvgIpc) is 2.64. The number of hydrogen-bond acceptors (Lipinski definition) is 2. The zero-order valence-corrected chi connectivity index (χ0v) is 10.00. The molecule has 3 heteroatoms. The van der Waals surface area contributed by atoms with Gasteiger partial charge in [0.15, 0.2) is 5.72 Å². The first-order valence-corrected chi connectivity index (χ1v) is 5.81. The Morgan fingerprint density at radius 2 is 1.61 bits per heavy atom. The number of benzene rings is 2. The molecule has 0 aromatic heterocycles. The molecule has 3 rings (SSSR count). The van der Waals surface area contributed by atoms with Crippen LogP contribution in [0.5, 0.6) is 0 Å². The maximum Gasteiger partial charge on any atom is 0.256 e. The maximum absolute atomic E-state index is 12.2. The molecule has 18 heavy (non-hydrogen) atoms. The standard InChI is InChI=1S/C15H13NO2/c1-16-14(17)12-9-5-6-10-13(12)15(16,18)11-7-3-2-4-8-11/h2-10,18H,1H3/t15-/m0/s1. The lowest BCUT2D eigenvalue weighted by Crippen LogP contribution is -2.41. The summed E-state index contributed by atoms with van der Waals surface area (Å²) in [6, 6.07) is 16.4. The van der Waals surface area contributed by atoms with Gasteiger partial charge in [-0.1, -0.05) is 48.5 Å². The van der Waals surface area contributed by atoms with Gasteiger partial charge in [-0.3, -0.25) is 4.79 Å². The van der Waals surface area contributed by atoms with Gasteiger partial charge >= 0.3 is 0 Å². The van der Waals surface area contributed by atoms with E-state index in [2.05, 4.69) is 0 Å². The summed E-state index contributed by atoms with van der Waals surface area (Å²) in [6.07, 6.45) is 0. The molecule has 0 aliphatic carbocycles. The van der Waals surface area contributed by atoms with Gasteiger partial charge in [0.2, 0.25) is 0 Å². The minimum absolute atomic E-state index is 0.156. The third-order valence-electron chi connectivity index (χ3n) is 3.50. The second-order valence-electron chi connectivity index (χ2n) is 4.45. The van der Waals surface area contributed by atoms with E-state index in [1.807, 2.05) is 36.4 Å². The highest BCUT2D eigenvalue weighted by Crippen LogP contribution is 2.40. The van der Waals surface area contributed by atoms with Crippen LogP contribution in [0.1, 0.15) is 21.5 Å². The van der Waals surface area contributed by atoms with Crippen LogP contribution in [0.4, 0.5) is 0 Å². The molecule has 0 spiro atoms. The molecule has 1 atom stereocenters. The van der Waals surface area contributed by atoms with Crippen molar-refractivity contribution in [2.75, 3.05) is 7.05 Å². The van der Waals surface area contributed by atoms with Gasteiger partial charge in [0.05, 0.1) is 0 Å². The highest BCUT2D eigenvalue weighted by Gasteiger charge is 2.47. The van der Waals surface area contributed by atoms with E-state index < -0.39 is 5.72 Å². The van der Waals surface area contributed by atoms with Crippen molar-refractivity contribution in [3.63, 3.8) is 0 Å². The topological polar surface area (TPSA) is 40.5 Å².